The van der Waals surface area contributed by atoms with Crippen LogP contribution in [-0.4, -0.2) is 77.0 Å². The van der Waals surface area contributed by atoms with Crippen LogP contribution < -0.4 is 0 Å². The Morgan fingerprint density at radius 2 is 1.48 bits per heavy atom. The summed E-state index contributed by atoms with van der Waals surface area (Å²) in [5.41, 5.74) is -3.36. The van der Waals surface area contributed by atoms with Crippen LogP contribution in [0.15, 0.2) is 0 Å². The average Bonchev–Trinajstić information content (AvgIpc) is 2.29. The number of carbonyl (C=O) groups is 1. The minimum Gasteiger partial charge on any atom is -0.479 e. The number of phosphoric ester groups is 2. The largest absolute Gasteiger partial charge is 0.479 e. The Bertz CT molecular complexity index is 452. The topological polar surface area (TPSA) is 232 Å². The zero-order valence-electron chi connectivity index (χ0n) is 10.1. The van der Waals surface area contributed by atoms with Crippen LogP contribution in [0.5, 0.6) is 0 Å². The first-order valence-corrected chi connectivity index (χ1v) is 7.97. The summed E-state index contributed by atoms with van der Waals surface area (Å²) < 4.78 is 28.4. The van der Waals surface area contributed by atoms with Crippen LogP contribution in [0.25, 0.3) is 0 Å². The van der Waals surface area contributed by atoms with E-state index in [0.29, 0.717) is 0 Å². The molecule has 3 atom stereocenters. The molecule has 0 spiro atoms. The van der Waals surface area contributed by atoms with Crippen molar-refractivity contribution in [3.05, 3.63) is 0 Å². The molecule has 15 heteroatoms. The lowest BCUT2D eigenvalue weighted by Gasteiger charge is -2.31. The highest BCUT2D eigenvalue weighted by molar-refractivity contribution is 7.46. The van der Waals surface area contributed by atoms with Crippen LogP contribution in [0, 0.1) is 0 Å². The van der Waals surface area contributed by atoms with Crippen LogP contribution in [0.1, 0.15) is 0 Å². The van der Waals surface area contributed by atoms with E-state index in [1.807, 2.05) is 0 Å². The molecule has 0 aromatic heterocycles. The number of aliphatic hydroxyl groups is 3. The van der Waals surface area contributed by atoms with Gasteiger partial charge in [0.15, 0.2) is 0 Å². The Hall–Kier alpha value is -0.430. The smallest absolute Gasteiger partial charge is 0.469 e. The molecule has 8 N–H and O–H groups in total. The molecule has 0 saturated heterocycles. The number of hydrogen-bond acceptors (Lipinski definition) is 8. The van der Waals surface area contributed by atoms with E-state index in [9.17, 15) is 29.2 Å². The third-order valence-electron chi connectivity index (χ3n) is 2.09. The molecule has 0 amide bonds. The summed E-state index contributed by atoms with van der Waals surface area (Å²) in [6.45, 7) is -2.88. The van der Waals surface area contributed by atoms with Crippen molar-refractivity contribution in [2.24, 2.45) is 0 Å². The molecular formula is C6H14O13P2. The first kappa shape index (κ1) is 20.6. The second kappa shape index (κ2) is 7.22. The number of rotatable bonds is 9. The van der Waals surface area contributed by atoms with Gasteiger partial charge < -0.3 is 40.0 Å². The van der Waals surface area contributed by atoms with Crippen molar-refractivity contribution in [1.82, 2.24) is 0 Å². The molecular weight excluding hydrogens is 342 g/mol. The van der Waals surface area contributed by atoms with Crippen molar-refractivity contribution >= 4 is 21.6 Å². The Labute approximate surface area is 116 Å². The van der Waals surface area contributed by atoms with Gasteiger partial charge in [0.05, 0.1) is 6.61 Å². The molecule has 0 aliphatic carbocycles. The van der Waals surface area contributed by atoms with Crippen LogP contribution in [0.2, 0.25) is 0 Å². The van der Waals surface area contributed by atoms with Gasteiger partial charge in [0.2, 0.25) is 5.60 Å². The number of carboxylic acid groups (broad SMARTS) is 1. The predicted octanol–water partition coefficient (Wildman–Crippen LogP) is -3.26. The molecule has 21 heavy (non-hydrogen) atoms. The summed E-state index contributed by atoms with van der Waals surface area (Å²) in [7, 11) is -10.2. The van der Waals surface area contributed by atoms with E-state index >= 15 is 0 Å². The maximum atomic E-state index is 10.8. The molecule has 0 bridgehead atoms. The van der Waals surface area contributed by atoms with Crippen LogP contribution >= 0.6 is 15.6 Å². The maximum absolute atomic E-state index is 10.8. The maximum Gasteiger partial charge on any atom is 0.469 e. The summed E-state index contributed by atoms with van der Waals surface area (Å²) in [6, 6.07) is 0. The third kappa shape index (κ3) is 7.40. The molecule has 0 aromatic carbocycles. The normalized spacial score (nSPS) is 18.8. The van der Waals surface area contributed by atoms with Gasteiger partial charge in [-0.25, -0.2) is 13.9 Å². The lowest BCUT2D eigenvalue weighted by atomic mass is 9.94. The zero-order chi connectivity index (χ0) is 17.1. The highest BCUT2D eigenvalue weighted by atomic mass is 31.2. The molecule has 0 rings (SSSR count). The monoisotopic (exact) mass is 356 g/mol. The third-order valence-corrected chi connectivity index (χ3v) is 3.04. The van der Waals surface area contributed by atoms with E-state index in [4.69, 9.17) is 24.7 Å². The molecule has 0 saturated carbocycles. The standard InChI is InChI=1S/C6H14O13P2/c7-3(1-18-20(12,13)14)4(8)6(11,5(9)10)2-19-21(15,16)17/h3-4,7-8,11H,1-2H2,(H,9,10)(H2,12,13,14)(H2,15,16,17)/t3-,4-,6-/m1/s1. The van der Waals surface area contributed by atoms with Gasteiger partial charge in [-0.05, 0) is 0 Å². The van der Waals surface area contributed by atoms with Gasteiger partial charge in [0.1, 0.15) is 18.8 Å². The highest BCUT2D eigenvalue weighted by Crippen LogP contribution is 2.38. The molecule has 0 aliphatic rings. The molecule has 0 heterocycles. The predicted molar refractivity (Wildman–Crippen MR) is 60.6 cm³/mol. The Morgan fingerprint density at radius 3 is 1.81 bits per heavy atom. The van der Waals surface area contributed by atoms with E-state index in [-0.39, 0.29) is 0 Å². The van der Waals surface area contributed by atoms with Gasteiger partial charge in [0.25, 0.3) is 0 Å². The van der Waals surface area contributed by atoms with Crippen molar-refractivity contribution in [1.29, 1.82) is 0 Å². The van der Waals surface area contributed by atoms with E-state index in [2.05, 4.69) is 9.05 Å². The second-order valence-corrected chi connectivity index (χ2v) is 6.27. The van der Waals surface area contributed by atoms with E-state index in [0.717, 1.165) is 0 Å². The van der Waals surface area contributed by atoms with Crippen molar-refractivity contribution in [2.45, 2.75) is 17.8 Å². The van der Waals surface area contributed by atoms with Crippen molar-refractivity contribution in [3.63, 3.8) is 0 Å². The van der Waals surface area contributed by atoms with E-state index in [1.165, 1.54) is 0 Å². The molecule has 0 aromatic rings. The molecule has 13 nitrogen and oxygen atoms in total. The summed E-state index contributed by atoms with van der Waals surface area (Å²) in [5, 5.41) is 37.1. The van der Waals surface area contributed by atoms with Gasteiger partial charge in [-0.3, -0.25) is 9.05 Å². The Morgan fingerprint density at radius 1 is 1.05 bits per heavy atom. The lowest BCUT2D eigenvalue weighted by Crippen LogP contribution is -2.58. The first-order chi connectivity index (χ1) is 9.19. The van der Waals surface area contributed by atoms with Crippen molar-refractivity contribution in [2.75, 3.05) is 13.2 Å². The summed E-state index contributed by atoms with van der Waals surface area (Å²) in [4.78, 5) is 44.4. The average molecular weight is 356 g/mol. The summed E-state index contributed by atoms with van der Waals surface area (Å²) in [6.07, 6.45) is -4.94. The van der Waals surface area contributed by atoms with Gasteiger partial charge in [-0.15, -0.1) is 0 Å². The number of hydrogen-bond donors (Lipinski definition) is 8. The van der Waals surface area contributed by atoms with Gasteiger partial charge in [-0.1, -0.05) is 0 Å². The van der Waals surface area contributed by atoms with Crippen LogP contribution in [0.3, 0.4) is 0 Å². The van der Waals surface area contributed by atoms with Crippen molar-refractivity contribution in [3.8, 4) is 0 Å². The van der Waals surface area contributed by atoms with Crippen molar-refractivity contribution < 1.29 is 63.0 Å². The van der Waals surface area contributed by atoms with E-state index < -0.39 is 52.6 Å². The minimum atomic E-state index is -5.19. The molecule has 0 radical (unpaired) electrons. The van der Waals surface area contributed by atoms with Gasteiger partial charge in [-0.2, -0.15) is 0 Å². The molecule has 126 valence electrons. The zero-order valence-corrected chi connectivity index (χ0v) is 11.9. The summed E-state index contributed by atoms with van der Waals surface area (Å²) >= 11 is 0. The fourth-order valence-corrected chi connectivity index (χ4v) is 1.75. The minimum absolute atomic E-state index is 1.27. The van der Waals surface area contributed by atoms with Crippen LogP contribution in [0.4, 0.5) is 0 Å². The fourth-order valence-electron chi connectivity index (χ4n) is 1.04. The summed E-state index contributed by atoms with van der Waals surface area (Å²) in [5.74, 6) is -2.21. The second-order valence-electron chi connectivity index (χ2n) is 3.79. The molecule has 0 fully saturated rings. The number of carboxylic acids is 1. The number of aliphatic hydroxyl groups excluding tert-OH is 2. The van der Waals surface area contributed by atoms with Crippen LogP contribution in [-0.2, 0) is 23.0 Å². The fraction of sp³-hybridized carbons (Fsp3) is 0.833. The van der Waals surface area contributed by atoms with Gasteiger partial charge in [0, 0.05) is 0 Å². The number of aliphatic carboxylic acids is 1. The SMILES string of the molecule is O=C(O)[C@@](O)(COP(=O)(O)O)[C@H](O)[C@H](O)COP(=O)(O)O. The van der Waals surface area contributed by atoms with E-state index in [1.54, 1.807) is 0 Å². The molecule has 0 aliphatic heterocycles. The lowest BCUT2D eigenvalue weighted by molar-refractivity contribution is -0.190. The molecule has 0 unspecified atom stereocenters. The Kier molecular flexibility index (Phi) is 7.07. The quantitative estimate of drug-likeness (QED) is 0.190. The first-order valence-electron chi connectivity index (χ1n) is 4.91. The highest BCUT2D eigenvalue weighted by Gasteiger charge is 2.49. The number of phosphoric acid groups is 2. The van der Waals surface area contributed by atoms with Gasteiger partial charge >= 0.3 is 21.6 Å². The Balaban J connectivity index is 4.97.